The number of nitrogens with zero attached hydrogens (tertiary/aromatic N) is 5. The maximum absolute atomic E-state index is 13.2. The van der Waals surface area contributed by atoms with Gasteiger partial charge in [0.15, 0.2) is 6.61 Å². The maximum atomic E-state index is 13.2. The van der Waals surface area contributed by atoms with Gasteiger partial charge in [-0.25, -0.2) is 19.0 Å². The largest absolute Gasteiger partial charge is 0.454 e. The summed E-state index contributed by atoms with van der Waals surface area (Å²) in [5, 5.41) is 4.18. The summed E-state index contributed by atoms with van der Waals surface area (Å²) in [6.45, 7) is -1.31. The molecule has 0 aliphatic heterocycles. The molecule has 3 aromatic heterocycles. The number of ether oxygens (including phenoxy) is 1. The van der Waals surface area contributed by atoms with Crippen LogP contribution in [-0.4, -0.2) is 37.5 Å². The number of halogens is 4. The van der Waals surface area contributed by atoms with E-state index < -0.39 is 24.6 Å². The first kappa shape index (κ1) is 19.4. The smallest absolute Gasteiger partial charge is 0.422 e. The van der Waals surface area contributed by atoms with Gasteiger partial charge in [-0.1, -0.05) is 0 Å². The van der Waals surface area contributed by atoms with Crippen molar-refractivity contribution in [3.63, 3.8) is 0 Å². The highest BCUT2D eigenvalue weighted by Crippen LogP contribution is 2.18. The standard InChI is InChI=1S/C17H13F4N5O2/c18-13-5-11(6-22-9-13)3-4-26-15(27)2-1-14(25-26)12-7-23-16(24-8-12)28-10-17(19,20)21/h1-2,5-9H,3-4,10H2. The van der Waals surface area contributed by atoms with Gasteiger partial charge >= 0.3 is 12.2 Å². The minimum Gasteiger partial charge on any atom is -0.454 e. The zero-order chi connectivity index (χ0) is 20.1. The second-order valence-electron chi connectivity index (χ2n) is 5.70. The molecule has 0 amide bonds. The van der Waals surface area contributed by atoms with Crippen LogP contribution in [-0.2, 0) is 13.0 Å². The minimum atomic E-state index is -4.49. The fourth-order valence-electron chi connectivity index (χ4n) is 2.26. The minimum absolute atomic E-state index is 0.186. The van der Waals surface area contributed by atoms with Gasteiger partial charge in [0.05, 0.1) is 11.9 Å². The van der Waals surface area contributed by atoms with Crippen molar-refractivity contribution in [2.75, 3.05) is 6.61 Å². The molecule has 0 aliphatic rings. The number of aryl methyl sites for hydroxylation is 2. The number of hydrogen-bond donors (Lipinski definition) is 0. The molecule has 0 saturated carbocycles. The molecular weight excluding hydrogens is 382 g/mol. The van der Waals surface area contributed by atoms with E-state index in [0.717, 1.165) is 6.20 Å². The third-order valence-electron chi connectivity index (χ3n) is 3.53. The van der Waals surface area contributed by atoms with Crippen LogP contribution in [0.2, 0.25) is 0 Å². The first-order valence-electron chi connectivity index (χ1n) is 8.00. The van der Waals surface area contributed by atoms with Crippen molar-refractivity contribution in [2.24, 2.45) is 0 Å². The molecule has 0 N–H and O–H groups in total. The average molecular weight is 395 g/mol. The summed E-state index contributed by atoms with van der Waals surface area (Å²) >= 11 is 0. The predicted octanol–water partition coefficient (Wildman–Crippen LogP) is 2.42. The zero-order valence-electron chi connectivity index (χ0n) is 14.2. The van der Waals surface area contributed by atoms with Crippen molar-refractivity contribution >= 4 is 0 Å². The molecule has 0 spiro atoms. The molecule has 0 unspecified atom stereocenters. The third-order valence-corrected chi connectivity index (χ3v) is 3.53. The number of hydrogen-bond acceptors (Lipinski definition) is 6. The Labute approximate surface area is 155 Å². The maximum Gasteiger partial charge on any atom is 0.422 e. The van der Waals surface area contributed by atoms with Crippen LogP contribution in [0.25, 0.3) is 11.3 Å². The molecule has 0 aromatic carbocycles. The lowest BCUT2D eigenvalue weighted by molar-refractivity contribution is -0.154. The van der Waals surface area contributed by atoms with E-state index >= 15 is 0 Å². The highest BCUT2D eigenvalue weighted by Gasteiger charge is 2.28. The van der Waals surface area contributed by atoms with Gasteiger partial charge in [-0.3, -0.25) is 9.78 Å². The summed E-state index contributed by atoms with van der Waals surface area (Å²) in [7, 11) is 0. The van der Waals surface area contributed by atoms with Crippen molar-refractivity contribution < 1.29 is 22.3 Å². The topological polar surface area (TPSA) is 82.8 Å². The van der Waals surface area contributed by atoms with E-state index in [1.54, 1.807) is 0 Å². The lowest BCUT2D eigenvalue weighted by Gasteiger charge is -2.09. The number of aromatic nitrogens is 5. The quantitative estimate of drug-likeness (QED) is 0.596. The van der Waals surface area contributed by atoms with Gasteiger partial charge in [-0.2, -0.15) is 18.3 Å². The van der Waals surface area contributed by atoms with Crippen molar-refractivity contribution in [1.29, 1.82) is 0 Å². The molecule has 0 radical (unpaired) electrons. The lowest BCUT2D eigenvalue weighted by Crippen LogP contribution is -2.23. The van der Waals surface area contributed by atoms with E-state index in [1.807, 2.05) is 0 Å². The Balaban J connectivity index is 1.72. The molecule has 28 heavy (non-hydrogen) atoms. The molecule has 11 heteroatoms. The van der Waals surface area contributed by atoms with Gasteiger partial charge in [-0.15, -0.1) is 0 Å². The third kappa shape index (κ3) is 5.32. The Morgan fingerprint density at radius 3 is 2.50 bits per heavy atom. The van der Waals surface area contributed by atoms with E-state index in [4.69, 9.17) is 0 Å². The van der Waals surface area contributed by atoms with Crippen molar-refractivity contribution in [1.82, 2.24) is 24.7 Å². The zero-order valence-corrected chi connectivity index (χ0v) is 14.2. The van der Waals surface area contributed by atoms with Gasteiger partial charge < -0.3 is 4.74 Å². The summed E-state index contributed by atoms with van der Waals surface area (Å²) < 4.78 is 55.2. The highest BCUT2D eigenvalue weighted by atomic mass is 19.4. The van der Waals surface area contributed by atoms with Gasteiger partial charge in [0, 0.05) is 36.8 Å². The Kier molecular flexibility index (Phi) is 5.62. The summed E-state index contributed by atoms with van der Waals surface area (Å²) in [5.74, 6) is -0.475. The molecule has 0 aliphatic carbocycles. The molecule has 7 nitrogen and oxygen atoms in total. The van der Waals surface area contributed by atoms with Crippen molar-refractivity contribution in [2.45, 2.75) is 19.1 Å². The van der Waals surface area contributed by atoms with E-state index in [2.05, 4.69) is 24.8 Å². The van der Waals surface area contributed by atoms with Crippen LogP contribution in [0.3, 0.4) is 0 Å². The fourth-order valence-corrected chi connectivity index (χ4v) is 2.26. The van der Waals surface area contributed by atoms with Gasteiger partial charge in [0.25, 0.3) is 5.56 Å². The lowest BCUT2D eigenvalue weighted by atomic mass is 10.2. The van der Waals surface area contributed by atoms with Crippen LogP contribution in [0.4, 0.5) is 17.6 Å². The highest BCUT2D eigenvalue weighted by molar-refractivity contribution is 5.55. The molecule has 0 fully saturated rings. The van der Waals surface area contributed by atoms with E-state index in [1.165, 1.54) is 41.5 Å². The molecule has 0 bridgehead atoms. The van der Waals surface area contributed by atoms with Crippen LogP contribution in [0, 0.1) is 5.82 Å². The summed E-state index contributed by atoms with van der Waals surface area (Å²) in [4.78, 5) is 23.1. The predicted molar refractivity (Wildman–Crippen MR) is 89.0 cm³/mol. The van der Waals surface area contributed by atoms with E-state index in [9.17, 15) is 22.4 Å². The summed E-state index contributed by atoms with van der Waals surface area (Å²) in [5.41, 5.74) is 0.979. The van der Waals surface area contributed by atoms with E-state index in [0.29, 0.717) is 23.2 Å². The molecular formula is C17H13F4N5O2. The Bertz CT molecular complexity index is 1010. The number of pyridine rings is 1. The van der Waals surface area contributed by atoms with Crippen LogP contribution < -0.4 is 10.3 Å². The second kappa shape index (κ2) is 8.11. The van der Waals surface area contributed by atoms with Gasteiger partial charge in [-0.05, 0) is 24.1 Å². The fraction of sp³-hybridized carbons (Fsp3) is 0.235. The van der Waals surface area contributed by atoms with Crippen molar-refractivity contribution in [3.8, 4) is 17.3 Å². The average Bonchev–Trinajstić information content (AvgIpc) is 2.66. The Morgan fingerprint density at radius 1 is 1.07 bits per heavy atom. The normalized spacial score (nSPS) is 11.4. The molecule has 146 valence electrons. The van der Waals surface area contributed by atoms with Crippen LogP contribution in [0.5, 0.6) is 6.01 Å². The van der Waals surface area contributed by atoms with Crippen molar-refractivity contribution in [3.05, 3.63) is 64.7 Å². The number of rotatable bonds is 6. The van der Waals surface area contributed by atoms with Gasteiger partial charge in [0.1, 0.15) is 5.82 Å². The molecule has 3 heterocycles. The SMILES string of the molecule is O=c1ccc(-c2cnc(OCC(F)(F)F)nc2)nn1CCc1cncc(F)c1. The van der Waals surface area contributed by atoms with Crippen LogP contribution in [0.1, 0.15) is 5.56 Å². The first-order valence-corrected chi connectivity index (χ1v) is 8.00. The first-order chi connectivity index (χ1) is 13.3. The Morgan fingerprint density at radius 2 is 1.82 bits per heavy atom. The molecule has 0 saturated heterocycles. The van der Waals surface area contributed by atoms with Crippen LogP contribution in [0.15, 0.2) is 47.8 Å². The monoisotopic (exact) mass is 395 g/mol. The summed E-state index contributed by atoms with van der Waals surface area (Å²) in [6.07, 6.45) is 0.902. The second-order valence-corrected chi connectivity index (χ2v) is 5.70. The summed E-state index contributed by atoms with van der Waals surface area (Å²) in [6, 6.07) is 3.63. The molecule has 3 aromatic rings. The Hall–Kier alpha value is -3.37. The van der Waals surface area contributed by atoms with Gasteiger partial charge in [0.2, 0.25) is 0 Å². The van der Waals surface area contributed by atoms with Crippen LogP contribution >= 0.6 is 0 Å². The number of alkyl halides is 3. The van der Waals surface area contributed by atoms with E-state index in [-0.39, 0.29) is 12.1 Å². The molecule has 3 rings (SSSR count). The molecule has 0 atom stereocenters.